The highest BCUT2D eigenvalue weighted by atomic mass is 127. The van der Waals surface area contributed by atoms with E-state index in [-0.39, 0.29) is 18.3 Å². The van der Waals surface area contributed by atoms with Gasteiger partial charge in [0.2, 0.25) is 5.95 Å². The standard InChI is InChI=1S/C22H21FIN5O2/c1-13-19(21(31)26-17-10-8-16(24)9-11-17)20(14-4-6-15(23)7-5-14)29-22(25-13)27-18(28-29)3-2-12-30/h4-11,20,30H,2-3,12H2,1H3,(H,26,31)(H,25,27,28). The van der Waals surface area contributed by atoms with E-state index in [9.17, 15) is 9.18 Å². The normalized spacial score (nSPS) is 15.4. The minimum atomic E-state index is -0.573. The van der Waals surface area contributed by atoms with Gasteiger partial charge in [-0.25, -0.2) is 9.07 Å². The van der Waals surface area contributed by atoms with Gasteiger partial charge in [0.25, 0.3) is 5.91 Å². The van der Waals surface area contributed by atoms with Gasteiger partial charge in [-0.15, -0.1) is 0 Å². The summed E-state index contributed by atoms with van der Waals surface area (Å²) in [6.45, 7) is 1.85. The predicted octanol–water partition coefficient (Wildman–Crippen LogP) is 3.87. The van der Waals surface area contributed by atoms with E-state index < -0.39 is 6.04 Å². The number of allylic oxidation sites excluding steroid dienone is 1. The van der Waals surface area contributed by atoms with Gasteiger partial charge in [-0.05, 0) is 77.9 Å². The molecule has 4 rings (SSSR count). The van der Waals surface area contributed by atoms with Gasteiger partial charge in [0.15, 0.2) is 5.82 Å². The lowest BCUT2D eigenvalue weighted by molar-refractivity contribution is -0.113. The van der Waals surface area contributed by atoms with Crippen LogP contribution in [0.15, 0.2) is 59.8 Å². The number of aryl methyl sites for hydroxylation is 1. The van der Waals surface area contributed by atoms with Crippen LogP contribution < -0.4 is 10.6 Å². The molecular weight excluding hydrogens is 512 g/mol. The Morgan fingerprint density at radius 2 is 1.94 bits per heavy atom. The third-order valence-electron chi connectivity index (χ3n) is 4.99. The van der Waals surface area contributed by atoms with Gasteiger partial charge < -0.3 is 15.7 Å². The van der Waals surface area contributed by atoms with Crippen molar-refractivity contribution in [2.24, 2.45) is 0 Å². The third kappa shape index (κ3) is 4.62. The van der Waals surface area contributed by atoms with E-state index in [2.05, 4.69) is 43.3 Å². The second-order valence-corrected chi connectivity index (χ2v) is 8.45. The fraction of sp³-hybridized carbons (Fsp3) is 0.227. The number of aromatic nitrogens is 3. The smallest absolute Gasteiger partial charge is 0.255 e. The first-order valence-corrected chi connectivity index (χ1v) is 10.9. The van der Waals surface area contributed by atoms with Crippen molar-refractivity contribution in [2.75, 3.05) is 17.2 Å². The van der Waals surface area contributed by atoms with Crippen LogP contribution in [0.3, 0.4) is 0 Å². The Bertz CT molecular complexity index is 1130. The van der Waals surface area contributed by atoms with Crippen LogP contribution in [-0.2, 0) is 11.2 Å². The van der Waals surface area contributed by atoms with Gasteiger partial charge in [-0.2, -0.15) is 10.1 Å². The first-order valence-electron chi connectivity index (χ1n) is 9.82. The largest absolute Gasteiger partial charge is 0.396 e. The average molecular weight is 533 g/mol. The molecule has 0 radical (unpaired) electrons. The number of carbonyl (C=O) groups excluding carboxylic acids is 1. The van der Waals surface area contributed by atoms with E-state index in [1.807, 2.05) is 31.2 Å². The van der Waals surface area contributed by atoms with E-state index in [0.29, 0.717) is 41.6 Å². The minimum absolute atomic E-state index is 0.0413. The summed E-state index contributed by atoms with van der Waals surface area (Å²) in [5.74, 6) is 0.436. The van der Waals surface area contributed by atoms with Crippen molar-refractivity contribution in [3.05, 3.63) is 80.6 Å². The second-order valence-electron chi connectivity index (χ2n) is 7.20. The van der Waals surface area contributed by atoms with Crippen molar-refractivity contribution in [3.8, 4) is 0 Å². The van der Waals surface area contributed by atoms with Gasteiger partial charge >= 0.3 is 0 Å². The lowest BCUT2D eigenvalue weighted by Crippen LogP contribution is -2.31. The Morgan fingerprint density at radius 3 is 2.61 bits per heavy atom. The summed E-state index contributed by atoms with van der Waals surface area (Å²) in [5.41, 5.74) is 2.51. The molecule has 1 aliphatic rings. The van der Waals surface area contributed by atoms with Crippen LogP contribution in [-0.4, -0.2) is 32.4 Å². The van der Waals surface area contributed by atoms with Crippen LogP contribution in [0.25, 0.3) is 0 Å². The molecule has 1 aliphatic heterocycles. The number of benzene rings is 2. The predicted molar refractivity (Wildman–Crippen MR) is 124 cm³/mol. The number of aliphatic hydroxyl groups excluding tert-OH is 1. The van der Waals surface area contributed by atoms with Gasteiger partial charge in [0, 0.05) is 28.0 Å². The highest BCUT2D eigenvalue weighted by molar-refractivity contribution is 14.1. The third-order valence-corrected chi connectivity index (χ3v) is 5.71. The molecule has 0 saturated carbocycles. The number of anilines is 2. The molecule has 160 valence electrons. The van der Waals surface area contributed by atoms with E-state index in [1.54, 1.807) is 16.8 Å². The van der Waals surface area contributed by atoms with Crippen molar-refractivity contribution in [1.82, 2.24) is 14.8 Å². The maximum absolute atomic E-state index is 13.6. The highest BCUT2D eigenvalue weighted by Gasteiger charge is 2.34. The van der Waals surface area contributed by atoms with Crippen molar-refractivity contribution in [2.45, 2.75) is 25.8 Å². The molecule has 0 aliphatic carbocycles. The van der Waals surface area contributed by atoms with E-state index >= 15 is 0 Å². The molecule has 2 heterocycles. The number of halogens is 2. The summed E-state index contributed by atoms with van der Waals surface area (Å²) in [6, 6.07) is 13.0. The molecule has 1 aromatic heterocycles. The molecule has 0 bridgehead atoms. The molecule has 1 atom stereocenters. The monoisotopic (exact) mass is 533 g/mol. The Labute approximate surface area is 192 Å². The Kier molecular flexibility index (Phi) is 6.33. The molecule has 3 aromatic rings. The summed E-state index contributed by atoms with van der Waals surface area (Å²) < 4.78 is 16.3. The van der Waals surface area contributed by atoms with Crippen LogP contribution in [0, 0.1) is 9.39 Å². The Hall–Kier alpha value is -2.79. The number of rotatable bonds is 6. The number of nitrogens with one attached hydrogen (secondary N) is 2. The summed E-state index contributed by atoms with van der Waals surface area (Å²) in [4.78, 5) is 17.8. The number of nitrogens with zero attached hydrogens (tertiary/aromatic N) is 3. The molecular formula is C22H21FIN5O2. The van der Waals surface area contributed by atoms with Crippen LogP contribution in [0.1, 0.15) is 30.8 Å². The number of amides is 1. The quantitative estimate of drug-likeness (QED) is 0.419. The van der Waals surface area contributed by atoms with Gasteiger partial charge in [0.1, 0.15) is 11.9 Å². The fourth-order valence-electron chi connectivity index (χ4n) is 3.52. The zero-order valence-electron chi connectivity index (χ0n) is 16.8. The lowest BCUT2D eigenvalue weighted by Gasteiger charge is -2.28. The fourth-order valence-corrected chi connectivity index (χ4v) is 3.88. The van der Waals surface area contributed by atoms with E-state index in [1.165, 1.54) is 12.1 Å². The zero-order valence-corrected chi connectivity index (χ0v) is 18.9. The first kappa shape index (κ1) is 21.4. The SMILES string of the molecule is CC1=C(C(=O)Nc2ccc(I)cc2)C(c2ccc(F)cc2)n2nc(CCCO)nc2N1. The topological polar surface area (TPSA) is 92.1 Å². The Balaban J connectivity index is 1.74. The van der Waals surface area contributed by atoms with Crippen LogP contribution in [0.5, 0.6) is 0 Å². The van der Waals surface area contributed by atoms with Crippen LogP contribution in [0.4, 0.5) is 16.0 Å². The van der Waals surface area contributed by atoms with Crippen molar-refractivity contribution >= 4 is 40.1 Å². The van der Waals surface area contributed by atoms with Gasteiger partial charge in [0.05, 0.1) is 5.57 Å². The molecule has 2 aromatic carbocycles. The van der Waals surface area contributed by atoms with Crippen molar-refractivity contribution in [3.63, 3.8) is 0 Å². The molecule has 1 unspecified atom stereocenters. The summed E-state index contributed by atoms with van der Waals surface area (Å²) >= 11 is 2.21. The average Bonchev–Trinajstić information content (AvgIpc) is 3.15. The van der Waals surface area contributed by atoms with Gasteiger partial charge in [-0.1, -0.05) is 12.1 Å². The minimum Gasteiger partial charge on any atom is -0.396 e. The number of hydrogen-bond acceptors (Lipinski definition) is 5. The molecule has 9 heteroatoms. The maximum atomic E-state index is 13.6. The van der Waals surface area contributed by atoms with E-state index in [4.69, 9.17) is 5.11 Å². The first-order chi connectivity index (χ1) is 15.0. The molecule has 0 saturated heterocycles. The number of hydrogen-bond donors (Lipinski definition) is 3. The lowest BCUT2D eigenvalue weighted by atomic mass is 9.95. The molecule has 1 amide bonds. The molecule has 3 N–H and O–H groups in total. The molecule has 0 fully saturated rings. The summed E-state index contributed by atoms with van der Waals surface area (Å²) in [6.07, 6.45) is 1.05. The van der Waals surface area contributed by atoms with Crippen LogP contribution in [0.2, 0.25) is 0 Å². The second kappa shape index (κ2) is 9.15. The van der Waals surface area contributed by atoms with Crippen LogP contribution >= 0.6 is 22.6 Å². The highest BCUT2D eigenvalue weighted by Crippen LogP contribution is 2.35. The van der Waals surface area contributed by atoms with Crippen molar-refractivity contribution < 1.29 is 14.3 Å². The maximum Gasteiger partial charge on any atom is 0.255 e. The number of aliphatic hydroxyl groups is 1. The van der Waals surface area contributed by atoms with Crippen molar-refractivity contribution in [1.29, 1.82) is 0 Å². The zero-order chi connectivity index (χ0) is 22.0. The number of fused-ring (bicyclic) bond motifs is 1. The van der Waals surface area contributed by atoms with E-state index in [0.717, 1.165) is 9.13 Å². The Morgan fingerprint density at radius 1 is 1.23 bits per heavy atom. The number of carbonyl (C=O) groups is 1. The molecule has 7 nitrogen and oxygen atoms in total. The summed E-state index contributed by atoms with van der Waals surface area (Å²) in [5, 5.41) is 19.8. The molecule has 0 spiro atoms. The molecule has 31 heavy (non-hydrogen) atoms. The van der Waals surface area contributed by atoms with Gasteiger partial charge in [-0.3, -0.25) is 4.79 Å². The summed E-state index contributed by atoms with van der Waals surface area (Å²) in [7, 11) is 0.